The van der Waals surface area contributed by atoms with Crippen LogP contribution in [0.15, 0.2) is 23.6 Å². The van der Waals surface area contributed by atoms with Crippen molar-refractivity contribution in [2.45, 2.75) is 62.4 Å². The molecule has 2 fully saturated rings. The Bertz CT molecular complexity index is 1740. The molecule has 3 heterocycles. The Morgan fingerprint density at radius 2 is 1.81 bits per heavy atom. The topological polar surface area (TPSA) is 188 Å². The van der Waals surface area contributed by atoms with E-state index in [0.717, 1.165) is 31.3 Å². The van der Waals surface area contributed by atoms with E-state index < -0.39 is 59.3 Å². The van der Waals surface area contributed by atoms with E-state index in [1.165, 1.54) is 24.5 Å². The van der Waals surface area contributed by atoms with Crippen molar-refractivity contribution in [2.24, 2.45) is 5.73 Å². The Morgan fingerprint density at radius 1 is 1.09 bits per heavy atom. The maximum Gasteiger partial charge on any atom is 0.202 e. The molecule has 250 valence electrons. The number of nitrogens with zero attached hydrogens (tertiary/aromatic N) is 3. The van der Waals surface area contributed by atoms with E-state index in [4.69, 9.17) is 24.9 Å². The van der Waals surface area contributed by atoms with Gasteiger partial charge in [-0.3, -0.25) is 9.59 Å². The van der Waals surface area contributed by atoms with Crippen LogP contribution in [0.2, 0.25) is 0 Å². The fraction of sp³-hybridized carbons (Fsp3) is 0.485. The van der Waals surface area contributed by atoms with Crippen LogP contribution in [0.3, 0.4) is 0 Å². The number of fused-ring (bicyclic) bond motifs is 3. The van der Waals surface area contributed by atoms with E-state index in [0.29, 0.717) is 5.69 Å². The molecule has 3 aromatic rings. The van der Waals surface area contributed by atoms with Gasteiger partial charge in [-0.15, -0.1) is 11.3 Å². The molecule has 0 amide bonds. The van der Waals surface area contributed by atoms with Crippen LogP contribution in [-0.2, 0) is 21.5 Å². The summed E-state index contributed by atoms with van der Waals surface area (Å²) in [5, 5.41) is 48.9. The van der Waals surface area contributed by atoms with Crippen LogP contribution in [0.5, 0.6) is 17.2 Å². The number of methoxy groups -OCH3 is 1. The molecule has 47 heavy (non-hydrogen) atoms. The minimum absolute atomic E-state index is 0.0183. The molecule has 7 rings (SSSR count). The molecular formula is C33H38N4O9S. The molecular weight excluding hydrogens is 628 g/mol. The number of hydrogen-bond donors (Lipinski definition) is 5. The van der Waals surface area contributed by atoms with Crippen molar-refractivity contribution in [2.75, 3.05) is 45.2 Å². The molecule has 0 saturated carbocycles. The number of benzene rings is 2. The molecule has 2 aliphatic carbocycles. The maximum absolute atomic E-state index is 14.0. The monoisotopic (exact) mass is 666 g/mol. The van der Waals surface area contributed by atoms with Gasteiger partial charge in [-0.25, -0.2) is 4.98 Å². The van der Waals surface area contributed by atoms with Crippen LogP contribution in [0.1, 0.15) is 74.5 Å². The summed E-state index contributed by atoms with van der Waals surface area (Å²) >= 11 is 1.40. The van der Waals surface area contributed by atoms with E-state index in [1.54, 1.807) is 24.4 Å². The summed E-state index contributed by atoms with van der Waals surface area (Å²) in [5.74, 6) is -2.25. The number of piperazine rings is 1. The van der Waals surface area contributed by atoms with E-state index >= 15 is 0 Å². The Kier molecular flexibility index (Phi) is 8.02. The second-order valence-electron chi connectivity index (χ2n) is 12.9. The molecule has 2 saturated heterocycles. The third-order valence-corrected chi connectivity index (χ3v) is 10.8. The highest BCUT2D eigenvalue weighted by molar-refractivity contribution is 7.13. The van der Waals surface area contributed by atoms with E-state index in [9.17, 15) is 30.0 Å². The number of aliphatic hydroxyl groups is 2. The number of ether oxygens (including phenoxy) is 3. The SMILES string of the molecule is COc1cccc2c1C(=O)c1c(O)c3c(c(O)c1C2=O)C[C@@](O)(c1csc(N2CCN(C)CC2)n1)C[C@@H]3OC1CC(N)C(O)C(C)O1. The second kappa shape index (κ2) is 11.8. The van der Waals surface area contributed by atoms with E-state index in [1.807, 2.05) is 0 Å². The zero-order valence-corrected chi connectivity index (χ0v) is 27.1. The van der Waals surface area contributed by atoms with Gasteiger partial charge in [0.15, 0.2) is 17.2 Å². The van der Waals surface area contributed by atoms with Crippen molar-refractivity contribution in [3.05, 3.63) is 62.7 Å². The molecule has 6 N–H and O–H groups in total. The van der Waals surface area contributed by atoms with Gasteiger partial charge in [0.05, 0.1) is 47.8 Å². The van der Waals surface area contributed by atoms with Crippen molar-refractivity contribution in [1.29, 1.82) is 0 Å². The number of phenols is 2. The number of rotatable bonds is 5. The van der Waals surface area contributed by atoms with Crippen molar-refractivity contribution in [3.8, 4) is 17.2 Å². The zero-order valence-electron chi connectivity index (χ0n) is 26.3. The number of carbonyl (C=O) groups excluding carboxylic acids is 2. The quantitative estimate of drug-likeness (QED) is 0.194. The molecule has 14 heteroatoms. The fourth-order valence-electron chi connectivity index (χ4n) is 7.21. The molecule has 2 aromatic carbocycles. The lowest BCUT2D eigenvalue weighted by molar-refractivity contribution is -0.248. The molecule has 1 aromatic heterocycles. The molecule has 0 spiro atoms. The van der Waals surface area contributed by atoms with Gasteiger partial charge in [-0.2, -0.15) is 0 Å². The van der Waals surface area contributed by atoms with Gasteiger partial charge in [-0.05, 0) is 20.0 Å². The van der Waals surface area contributed by atoms with Crippen LogP contribution in [0.25, 0.3) is 0 Å². The fourth-order valence-corrected chi connectivity index (χ4v) is 8.18. The van der Waals surface area contributed by atoms with Crippen molar-refractivity contribution < 1.29 is 44.2 Å². The zero-order chi connectivity index (χ0) is 33.4. The molecule has 2 aliphatic heterocycles. The normalized spacial score (nSPS) is 29.3. The number of hydrogen-bond acceptors (Lipinski definition) is 14. The van der Waals surface area contributed by atoms with Gasteiger partial charge >= 0.3 is 0 Å². The number of phenolic OH excluding ortho intramolecular Hbond substituents is 2. The van der Waals surface area contributed by atoms with Gasteiger partial charge in [0.25, 0.3) is 0 Å². The van der Waals surface area contributed by atoms with Gasteiger partial charge in [-0.1, -0.05) is 12.1 Å². The molecule has 4 aliphatic rings. The van der Waals surface area contributed by atoms with Crippen LogP contribution in [0.4, 0.5) is 5.13 Å². The molecule has 0 radical (unpaired) electrons. The molecule has 6 atom stereocenters. The van der Waals surface area contributed by atoms with Gasteiger partial charge < -0.3 is 50.2 Å². The number of aromatic nitrogens is 1. The summed E-state index contributed by atoms with van der Waals surface area (Å²) in [6, 6.07) is 3.91. The lowest BCUT2D eigenvalue weighted by Gasteiger charge is -2.42. The lowest BCUT2D eigenvalue weighted by atomic mass is 9.72. The average Bonchev–Trinajstić information content (AvgIpc) is 3.55. The third-order valence-electron chi connectivity index (χ3n) is 9.89. The van der Waals surface area contributed by atoms with Crippen LogP contribution >= 0.6 is 11.3 Å². The number of ketones is 2. The number of thiazole rings is 1. The standard InChI is InChI=1S/C33H38N4O9S/c1-15-27(38)18(34)11-22(45-15)46-20-13-33(43,21-14-47-32(35-21)37-9-7-36(2)8-10-37)12-17-24(20)31(42)26-25(29(17)40)28(39)16-5-4-6-19(44-3)23(16)30(26)41/h4-6,14-15,18,20,22,27,38,40,42-43H,7-13,34H2,1-3H3/t15?,18?,20-,22?,27?,33-/m0/s1. The predicted octanol–water partition coefficient (Wildman–Crippen LogP) is 1.80. The van der Waals surface area contributed by atoms with Crippen LogP contribution in [-0.4, -0.2) is 107 Å². The Balaban J connectivity index is 1.34. The first-order valence-corrected chi connectivity index (χ1v) is 16.5. The smallest absolute Gasteiger partial charge is 0.202 e. The highest BCUT2D eigenvalue weighted by Gasteiger charge is 2.49. The summed E-state index contributed by atoms with van der Waals surface area (Å²) in [7, 11) is 3.43. The Hall–Kier alpha value is -3.63. The summed E-state index contributed by atoms with van der Waals surface area (Å²) in [4.78, 5) is 37.0. The first-order chi connectivity index (χ1) is 22.4. The number of nitrogens with two attached hydrogens (primary N) is 1. The number of aliphatic hydroxyl groups excluding tert-OH is 1. The third kappa shape index (κ3) is 5.19. The summed E-state index contributed by atoms with van der Waals surface area (Å²) in [6.45, 7) is 4.97. The molecule has 4 unspecified atom stereocenters. The number of likely N-dealkylation sites (N-methyl/N-ethyl adjacent to an activating group) is 1. The Labute approximate surface area is 275 Å². The van der Waals surface area contributed by atoms with Gasteiger partial charge in [0.1, 0.15) is 22.8 Å². The summed E-state index contributed by atoms with van der Waals surface area (Å²) < 4.78 is 17.7. The summed E-state index contributed by atoms with van der Waals surface area (Å²) in [6.07, 6.45) is -3.88. The van der Waals surface area contributed by atoms with Crippen molar-refractivity contribution in [3.63, 3.8) is 0 Å². The first-order valence-electron chi connectivity index (χ1n) is 15.6. The minimum Gasteiger partial charge on any atom is -0.507 e. The number of carbonyl (C=O) groups is 2. The van der Waals surface area contributed by atoms with Gasteiger partial charge in [0, 0.05) is 73.6 Å². The van der Waals surface area contributed by atoms with E-state index in [-0.39, 0.29) is 58.4 Å². The van der Waals surface area contributed by atoms with Crippen LogP contribution in [0, 0.1) is 0 Å². The summed E-state index contributed by atoms with van der Waals surface area (Å²) in [5.41, 5.74) is 4.27. The second-order valence-corrected chi connectivity index (χ2v) is 13.7. The number of anilines is 1. The van der Waals surface area contributed by atoms with Crippen molar-refractivity contribution in [1.82, 2.24) is 9.88 Å². The van der Waals surface area contributed by atoms with E-state index in [2.05, 4.69) is 16.8 Å². The lowest BCUT2D eigenvalue weighted by Crippen LogP contribution is -2.52. The first kappa shape index (κ1) is 31.9. The minimum atomic E-state index is -1.69. The Morgan fingerprint density at radius 3 is 2.51 bits per heavy atom. The maximum atomic E-state index is 14.0. The highest BCUT2D eigenvalue weighted by Crippen LogP contribution is 2.54. The molecule has 0 bridgehead atoms. The largest absolute Gasteiger partial charge is 0.507 e. The highest BCUT2D eigenvalue weighted by atomic mass is 32.1. The molecule has 13 nitrogen and oxygen atoms in total. The van der Waals surface area contributed by atoms with Crippen molar-refractivity contribution >= 4 is 28.0 Å². The average molecular weight is 667 g/mol. The number of aromatic hydroxyl groups is 2. The van der Waals surface area contributed by atoms with Crippen LogP contribution < -0.4 is 15.4 Å². The predicted molar refractivity (Wildman–Crippen MR) is 170 cm³/mol. The van der Waals surface area contributed by atoms with Gasteiger partial charge in [0.2, 0.25) is 5.78 Å².